The van der Waals surface area contributed by atoms with Gasteiger partial charge in [0.25, 0.3) is 0 Å². The summed E-state index contributed by atoms with van der Waals surface area (Å²) in [5.74, 6) is -0.0299. The van der Waals surface area contributed by atoms with Gasteiger partial charge >= 0.3 is 0 Å². The molecule has 5 N–H and O–H groups in total. The topological polar surface area (TPSA) is 129 Å². The molecule has 1 saturated heterocycles. The molecule has 11 heteroatoms. The summed E-state index contributed by atoms with van der Waals surface area (Å²) in [5, 5.41) is 16.0. The van der Waals surface area contributed by atoms with Gasteiger partial charge in [-0.2, -0.15) is 4.98 Å². The largest absolute Gasteiger partial charge is 0.387 e. The number of nitrogens with zero attached hydrogens (tertiary/aromatic N) is 4. The smallest absolute Gasteiger partial charge is 0.229 e. The number of fused-ring (bicyclic) bond motifs is 1. The number of pyridine rings is 1. The van der Waals surface area contributed by atoms with E-state index in [9.17, 15) is 14.3 Å². The second-order valence-corrected chi connectivity index (χ2v) is 8.98. The average molecular weight is 448 g/mol. The summed E-state index contributed by atoms with van der Waals surface area (Å²) < 4.78 is 14.6. The van der Waals surface area contributed by atoms with E-state index in [1.807, 2.05) is 0 Å². The molecule has 1 aliphatic heterocycles. The molecule has 9 nitrogen and oxygen atoms in total. The molecule has 0 spiro atoms. The Morgan fingerprint density at radius 3 is 2.87 bits per heavy atom. The molecule has 164 valence electrons. The second-order valence-electron chi connectivity index (χ2n) is 8.57. The van der Waals surface area contributed by atoms with Crippen molar-refractivity contribution < 1.29 is 14.3 Å². The van der Waals surface area contributed by atoms with Gasteiger partial charge in [0.15, 0.2) is 11.6 Å². The number of carbonyl (C=O) groups is 1. The summed E-state index contributed by atoms with van der Waals surface area (Å²) >= 11 is 6.15. The minimum absolute atomic E-state index is 0.0374. The lowest BCUT2D eigenvalue weighted by Crippen LogP contribution is -2.48. The third-order valence-electron chi connectivity index (χ3n) is 6.30. The summed E-state index contributed by atoms with van der Waals surface area (Å²) in [6.45, 7) is 2.49. The number of anilines is 3. The molecule has 5 rings (SSSR count). The van der Waals surface area contributed by atoms with Crippen molar-refractivity contribution in [2.24, 2.45) is 17.6 Å². The number of hydrogen-bond acceptors (Lipinski definition) is 8. The maximum Gasteiger partial charge on any atom is 0.229 e. The van der Waals surface area contributed by atoms with Crippen LogP contribution in [0.2, 0.25) is 5.02 Å². The normalized spacial score (nSPS) is 27.6. The summed E-state index contributed by atoms with van der Waals surface area (Å²) in [5.41, 5.74) is 6.57. The van der Waals surface area contributed by atoms with Gasteiger partial charge < -0.3 is 26.4 Å². The standard InChI is InChI=1S/C20H23ClFN7O2/c1-9(30)15-13(21)4-11(5-24-15)26-19-25-6-14(22)17(27-19)29-7-12-16(23)20(12,8-29)28-18(31)10-2-3-10/h4-6,9-10,12,16,30H,2-3,7-8,23H2,1H3,(H,28,31)(H,25,26,27)/t9-,12-,16+,20+/m0/s1. The minimum atomic E-state index is -0.795. The van der Waals surface area contributed by atoms with Crippen LogP contribution in [-0.4, -0.2) is 50.6 Å². The minimum Gasteiger partial charge on any atom is -0.387 e. The van der Waals surface area contributed by atoms with Crippen molar-refractivity contribution >= 4 is 35.0 Å². The molecule has 2 aromatic rings. The lowest BCUT2D eigenvalue weighted by molar-refractivity contribution is -0.123. The van der Waals surface area contributed by atoms with Crippen LogP contribution in [0.5, 0.6) is 0 Å². The highest BCUT2D eigenvalue weighted by molar-refractivity contribution is 6.31. The molecule has 3 heterocycles. The van der Waals surface area contributed by atoms with Gasteiger partial charge in [-0.15, -0.1) is 0 Å². The molecular formula is C20H23ClFN7O2. The molecule has 4 atom stereocenters. The van der Waals surface area contributed by atoms with Crippen molar-refractivity contribution in [2.45, 2.75) is 37.5 Å². The fraction of sp³-hybridized carbons (Fsp3) is 0.500. The Kier molecular flexibility index (Phi) is 4.76. The second kappa shape index (κ2) is 7.25. The molecule has 0 radical (unpaired) electrons. The highest BCUT2D eigenvalue weighted by Crippen LogP contribution is 2.50. The van der Waals surface area contributed by atoms with E-state index in [1.165, 1.54) is 6.20 Å². The third kappa shape index (κ3) is 3.58. The molecule has 31 heavy (non-hydrogen) atoms. The molecule has 3 fully saturated rings. The Bertz CT molecular complexity index is 1050. The fourth-order valence-electron chi connectivity index (χ4n) is 4.31. The zero-order chi connectivity index (χ0) is 21.9. The molecule has 0 aromatic carbocycles. The molecule has 2 saturated carbocycles. The van der Waals surface area contributed by atoms with Crippen molar-refractivity contribution in [3.8, 4) is 0 Å². The van der Waals surface area contributed by atoms with Crippen molar-refractivity contribution in [3.05, 3.63) is 35.0 Å². The Hall–Kier alpha value is -2.56. The summed E-state index contributed by atoms with van der Waals surface area (Å²) in [4.78, 5) is 26.5. The highest BCUT2D eigenvalue weighted by Gasteiger charge is 2.69. The fourth-order valence-corrected chi connectivity index (χ4v) is 4.64. The molecule has 2 aliphatic carbocycles. The Balaban J connectivity index is 1.33. The molecular weight excluding hydrogens is 425 g/mol. The first kappa shape index (κ1) is 20.3. The highest BCUT2D eigenvalue weighted by atomic mass is 35.5. The van der Waals surface area contributed by atoms with Gasteiger partial charge in [0.2, 0.25) is 11.9 Å². The molecule has 1 amide bonds. The number of carbonyl (C=O) groups excluding carboxylic acids is 1. The van der Waals surface area contributed by atoms with E-state index >= 15 is 0 Å². The predicted octanol–water partition coefficient (Wildman–Crippen LogP) is 1.50. The van der Waals surface area contributed by atoms with Gasteiger partial charge in [0.1, 0.15) is 0 Å². The number of rotatable bonds is 6. The van der Waals surface area contributed by atoms with Gasteiger partial charge in [-0.25, -0.2) is 9.37 Å². The maximum absolute atomic E-state index is 14.6. The zero-order valence-electron chi connectivity index (χ0n) is 16.8. The summed E-state index contributed by atoms with van der Waals surface area (Å²) in [7, 11) is 0. The summed E-state index contributed by atoms with van der Waals surface area (Å²) in [6.07, 6.45) is 3.63. The number of halogens is 2. The first-order valence-electron chi connectivity index (χ1n) is 10.2. The van der Waals surface area contributed by atoms with E-state index in [4.69, 9.17) is 17.3 Å². The number of hydrogen-bond donors (Lipinski definition) is 4. The van der Waals surface area contributed by atoms with Gasteiger partial charge in [-0.3, -0.25) is 9.78 Å². The van der Waals surface area contributed by atoms with Crippen molar-refractivity contribution in [1.82, 2.24) is 20.3 Å². The van der Waals surface area contributed by atoms with Gasteiger partial charge in [-0.1, -0.05) is 11.6 Å². The van der Waals surface area contributed by atoms with Gasteiger partial charge in [-0.05, 0) is 25.8 Å². The molecule has 2 aromatic heterocycles. The van der Waals surface area contributed by atoms with Crippen molar-refractivity contribution in [2.75, 3.05) is 23.3 Å². The lowest BCUT2D eigenvalue weighted by atomic mass is 10.2. The van der Waals surface area contributed by atoms with Crippen LogP contribution in [-0.2, 0) is 4.79 Å². The first-order valence-corrected chi connectivity index (χ1v) is 10.6. The number of piperidine rings is 1. The number of aliphatic hydroxyl groups is 1. The van der Waals surface area contributed by atoms with E-state index in [1.54, 1.807) is 17.9 Å². The number of amides is 1. The van der Waals surface area contributed by atoms with E-state index in [0.29, 0.717) is 29.5 Å². The van der Waals surface area contributed by atoms with Crippen LogP contribution in [0.4, 0.5) is 21.8 Å². The first-order chi connectivity index (χ1) is 14.8. The Labute approximate surface area is 183 Å². The molecule has 3 aliphatic rings. The van der Waals surface area contributed by atoms with Crippen LogP contribution in [0.25, 0.3) is 0 Å². The maximum atomic E-state index is 14.6. The number of aliphatic hydroxyl groups excluding tert-OH is 1. The van der Waals surface area contributed by atoms with E-state index in [2.05, 4.69) is 25.6 Å². The van der Waals surface area contributed by atoms with E-state index in [0.717, 1.165) is 19.0 Å². The number of nitrogens with two attached hydrogens (primary N) is 1. The quantitative estimate of drug-likeness (QED) is 0.524. The van der Waals surface area contributed by atoms with E-state index in [-0.39, 0.29) is 35.6 Å². The average Bonchev–Trinajstić information content (AvgIpc) is 3.61. The van der Waals surface area contributed by atoms with Crippen LogP contribution in [0.3, 0.4) is 0 Å². The van der Waals surface area contributed by atoms with Crippen LogP contribution in [0.15, 0.2) is 18.5 Å². The van der Waals surface area contributed by atoms with Crippen LogP contribution < -0.4 is 21.3 Å². The number of nitrogens with one attached hydrogen (secondary N) is 2. The summed E-state index contributed by atoms with van der Waals surface area (Å²) in [6, 6.07) is 1.46. The Morgan fingerprint density at radius 1 is 1.42 bits per heavy atom. The molecule has 0 bridgehead atoms. The zero-order valence-corrected chi connectivity index (χ0v) is 17.6. The van der Waals surface area contributed by atoms with E-state index < -0.39 is 17.5 Å². The third-order valence-corrected chi connectivity index (χ3v) is 6.60. The Morgan fingerprint density at radius 2 is 2.19 bits per heavy atom. The van der Waals surface area contributed by atoms with Crippen molar-refractivity contribution in [1.29, 1.82) is 0 Å². The predicted molar refractivity (Wildman–Crippen MR) is 112 cm³/mol. The van der Waals surface area contributed by atoms with Crippen LogP contribution >= 0.6 is 11.6 Å². The number of aromatic nitrogens is 3. The van der Waals surface area contributed by atoms with Gasteiger partial charge in [0, 0.05) is 31.0 Å². The lowest BCUT2D eigenvalue weighted by Gasteiger charge is -2.25. The van der Waals surface area contributed by atoms with Crippen LogP contribution in [0.1, 0.15) is 31.6 Å². The monoisotopic (exact) mass is 447 g/mol. The van der Waals surface area contributed by atoms with Crippen LogP contribution in [0, 0.1) is 17.7 Å². The van der Waals surface area contributed by atoms with Gasteiger partial charge in [0.05, 0.1) is 40.4 Å². The van der Waals surface area contributed by atoms with Crippen molar-refractivity contribution in [3.63, 3.8) is 0 Å². The molecule has 0 unspecified atom stereocenters. The SMILES string of the molecule is C[C@H](O)c1ncc(Nc2ncc(F)c(N3C[C@H]4[C@@H](N)[C@@]4(NC(=O)C4CC4)C3)n2)cc1Cl.